The fourth-order valence-electron chi connectivity index (χ4n) is 1.98. The lowest BCUT2D eigenvalue weighted by atomic mass is 10.1. The zero-order valence-electron chi connectivity index (χ0n) is 10.5. The first-order valence-corrected chi connectivity index (χ1v) is 6.72. The fourth-order valence-corrected chi connectivity index (χ4v) is 2.65. The summed E-state index contributed by atoms with van der Waals surface area (Å²) in [5, 5.41) is 11.0. The van der Waals surface area contributed by atoms with Crippen LogP contribution in [-0.2, 0) is 13.0 Å². The number of aryl methyl sites for hydroxylation is 2. The van der Waals surface area contributed by atoms with E-state index in [0.717, 1.165) is 23.7 Å². The summed E-state index contributed by atoms with van der Waals surface area (Å²) in [4.78, 5) is 4.34. The third kappa shape index (κ3) is 2.73. The molecule has 0 radical (unpaired) electrons. The minimum atomic E-state index is 0.280. The van der Waals surface area contributed by atoms with Crippen molar-refractivity contribution in [2.24, 2.45) is 0 Å². The summed E-state index contributed by atoms with van der Waals surface area (Å²) in [5.74, 6) is 0. The van der Waals surface area contributed by atoms with Crippen LogP contribution in [0.25, 0.3) is 0 Å². The predicted molar refractivity (Wildman–Crippen MR) is 70.3 cm³/mol. The van der Waals surface area contributed by atoms with Gasteiger partial charge in [-0.25, -0.2) is 4.98 Å². The number of likely N-dealkylation sites (N-methyl/N-ethyl adjacent to an activating group) is 1. The fraction of sp³-hybridized carbons (Fsp3) is 0.500. The lowest BCUT2D eigenvalue weighted by Crippen LogP contribution is -2.22. The van der Waals surface area contributed by atoms with E-state index in [9.17, 15) is 0 Å². The van der Waals surface area contributed by atoms with Crippen molar-refractivity contribution in [1.82, 2.24) is 20.1 Å². The molecular weight excluding hydrogens is 232 g/mol. The van der Waals surface area contributed by atoms with Crippen LogP contribution in [0.15, 0.2) is 17.6 Å². The average molecular weight is 250 g/mol. The molecule has 1 unspecified atom stereocenters. The van der Waals surface area contributed by atoms with Crippen LogP contribution >= 0.6 is 11.3 Å². The Balaban J connectivity index is 2.22. The monoisotopic (exact) mass is 250 g/mol. The molecule has 5 heteroatoms. The van der Waals surface area contributed by atoms with Gasteiger partial charge in [0.15, 0.2) is 0 Å². The molecule has 0 bridgehead atoms. The molecule has 92 valence electrons. The number of rotatable bonds is 5. The van der Waals surface area contributed by atoms with Crippen LogP contribution in [0.5, 0.6) is 0 Å². The van der Waals surface area contributed by atoms with E-state index in [2.05, 4.69) is 33.1 Å². The largest absolute Gasteiger partial charge is 0.311 e. The molecule has 1 atom stereocenters. The van der Waals surface area contributed by atoms with Gasteiger partial charge in [-0.15, -0.1) is 11.3 Å². The van der Waals surface area contributed by atoms with E-state index in [1.54, 1.807) is 11.3 Å². The molecule has 4 nitrogen and oxygen atoms in total. The molecule has 0 aliphatic heterocycles. The molecule has 17 heavy (non-hydrogen) atoms. The van der Waals surface area contributed by atoms with Crippen LogP contribution in [0, 0.1) is 6.92 Å². The van der Waals surface area contributed by atoms with Gasteiger partial charge in [0.1, 0.15) is 0 Å². The molecule has 0 fully saturated rings. The summed E-state index contributed by atoms with van der Waals surface area (Å²) in [6.07, 6.45) is 2.77. The molecule has 2 aromatic rings. The molecule has 0 aromatic carbocycles. The maximum Gasteiger partial charge on any atom is 0.0944 e. The highest BCUT2D eigenvalue weighted by atomic mass is 32.1. The summed E-state index contributed by atoms with van der Waals surface area (Å²) in [6.45, 7) is 5.05. The van der Waals surface area contributed by atoms with Gasteiger partial charge in [-0.2, -0.15) is 5.10 Å². The summed E-state index contributed by atoms with van der Waals surface area (Å²) in [5.41, 5.74) is 2.31. The molecule has 1 N–H and O–H groups in total. The molecule has 0 amide bonds. The Kier molecular flexibility index (Phi) is 3.91. The van der Waals surface area contributed by atoms with Gasteiger partial charge >= 0.3 is 0 Å². The van der Waals surface area contributed by atoms with Crippen molar-refractivity contribution in [2.75, 3.05) is 7.05 Å². The Bertz CT molecular complexity index is 461. The molecule has 2 aromatic heterocycles. The standard InChI is InChI=1S/C12H18N4S/c1-4-16-11(7-9(2)15-16)10(13-3)8-12-14-5-6-17-12/h5-7,10,13H,4,8H2,1-3H3. The van der Waals surface area contributed by atoms with Crippen molar-refractivity contribution in [3.05, 3.63) is 34.0 Å². The van der Waals surface area contributed by atoms with Crippen LogP contribution in [0.3, 0.4) is 0 Å². The first-order valence-electron chi connectivity index (χ1n) is 5.84. The Hall–Kier alpha value is -1.20. The summed E-state index contributed by atoms with van der Waals surface area (Å²) in [7, 11) is 1.99. The first-order chi connectivity index (χ1) is 8.24. The highest BCUT2D eigenvalue weighted by Crippen LogP contribution is 2.20. The van der Waals surface area contributed by atoms with Gasteiger partial charge in [0.25, 0.3) is 0 Å². The maximum atomic E-state index is 4.49. The molecular formula is C12H18N4S. The van der Waals surface area contributed by atoms with Crippen molar-refractivity contribution >= 4 is 11.3 Å². The second-order valence-electron chi connectivity index (χ2n) is 4.00. The molecule has 0 aliphatic rings. The second kappa shape index (κ2) is 5.42. The number of thiazole rings is 1. The molecule has 0 spiro atoms. The van der Waals surface area contributed by atoms with E-state index >= 15 is 0 Å². The van der Waals surface area contributed by atoms with Gasteiger partial charge in [-0.1, -0.05) is 0 Å². The topological polar surface area (TPSA) is 42.7 Å². The van der Waals surface area contributed by atoms with Crippen molar-refractivity contribution < 1.29 is 0 Å². The van der Waals surface area contributed by atoms with Crippen molar-refractivity contribution in [2.45, 2.75) is 32.9 Å². The van der Waals surface area contributed by atoms with E-state index < -0.39 is 0 Å². The Morgan fingerprint density at radius 2 is 2.35 bits per heavy atom. The van der Waals surface area contributed by atoms with Crippen molar-refractivity contribution in [3.8, 4) is 0 Å². The molecule has 2 rings (SSSR count). The lowest BCUT2D eigenvalue weighted by Gasteiger charge is -2.16. The lowest BCUT2D eigenvalue weighted by molar-refractivity contribution is 0.512. The van der Waals surface area contributed by atoms with Crippen molar-refractivity contribution in [1.29, 1.82) is 0 Å². The highest BCUT2D eigenvalue weighted by molar-refractivity contribution is 7.09. The zero-order valence-corrected chi connectivity index (χ0v) is 11.3. The quantitative estimate of drug-likeness (QED) is 0.884. The molecule has 2 heterocycles. The Morgan fingerprint density at radius 3 is 2.94 bits per heavy atom. The van der Waals surface area contributed by atoms with Gasteiger partial charge in [0.05, 0.1) is 22.4 Å². The molecule has 0 saturated carbocycles. The Morgan fingerprint density at radius 1 is 1.53 bits per heavy atom. The predicted octanol–water partition coefficient (Wildman–Crippen LogP) is 2.17. The van der Waals surface area contributed by atoms with Crippen molar-refractivity contribution in [3.63, 3.8) is 0 Å². The Labute approximate surface area is 106 Å². The third-order valence-electron chi connectivity index (χ3n) is 2.80. The van der Waals surface area contributed by atoms with E-state index in [0.29, 0.717) is 0 Å². The van der Waals surface area contributed by atoms with Gasteiger partial charge < -0.3 is 5.32 Å². The van der Waals surface area contributed by atoms with Crippen LogP contribution in [0.4, 0.5) is 0 Å². The van der Waals surface area contributed by atoms with Crippen LogP contribution in [0.2, 0.25) is 0 Å². The van der Waals surface area contributed by atoms with E-state index in [1.807, 2.05) is 25.5 Å². The zero-order chi connectivity index (χ0) is 12.3. The number of hydrogen-bond acceptors (Lipinski definition) is 4. The SMILES string of the molecule is CCn1nc(C)cc1C(Cc1nccs1)NC. The summed E-state index contributed by atoms with van der Waals surface area (Å²) < 4.78 is 2.06. The highest BCUT2D eigenvalue weighted by Gasteiger charge is 2.16. The normalized spacial score (nSPS) is 12.9. The molecule has 0 saturated heterocycles. The maximum absolute atomic E-state index is 4.49. The van der Waals surface area contributed by atoms with Gasteiger partial charge in [-0.05, 0) is 27.0 Å². The molecule has 0 aliphatic carbocycles. The van der Waals surface area contributed by atoms with Gasteiger partial charge in [-0.3, -0.25) is 4.68 Å². The minimum Gasteiger partial charge on any atom is -0.311 e. The average Bonchev–Trinajstić information content (AvgIpc) is 2.94. The van der Waals surface area contributed by atoms with Gasteiger partial charge in [0, 0.05) is 24.5 Å². The van der Waals surface area contributed by atoms with E-state index in [4.69, 9.17) is 0 Å². The van der Waals surface area contributed by atoms with E-state index in [1.165, 1.54) is 5.69 Å². The smallest absolute Gasteiger partial charge is 0.0944 e. The van der Waals surface area contributed by atoms with E-state index in [-0.39, 0.29) is 6.04 Å². The number of aromatic nitrogens is 3. The second-order valence-corrected chi connectivity index (χ2v) is 4.98. The van der Waals surface area contributed by atoms with Crippen LogP contribution in [-0.4, -0.2) is 21.8 Å². The third-order valence-corrected chi connectivity index (χ3v) is 3.60. The number of nitrogens with one attached hydrogen (secondary N) is 1. The summed E-state index contributed by atoms with van der Waals surface area (Å²) >= 11 is 1.70. The first kappa shape index (κ1) is 12.3. The van der Waals surface area contributed by atoms with Gasteiger partial charge in [0.2, 0.25) is 0 Å². The minimum absolute atomic E-state index is 0.280. The summed E-state index contributed by atoms with van der Waals surface area (Å²) in [6, 6.07) is 2.43. The van der Waals surface area contributed by atoms with Crippen LogP contribution in [0.1, 0.15) is 29.4 Å². The number of nitrogens with zero attached hydrogens (tertiary/aromatic N) is 3. The number of hydrogen-bond donors (Lipinski definition) is 1. The van der Waals surface area contributed by atoms with Crippen LogP contribution < -0.4 is 5.32 Å².